The lowest BCUT2D eigenvalue weighted by molar-refractivity contribution is -0.138. The number of carboxylic acid groups (broad SMARTS) is 1. The molecule has 1 aliphatic rings. The predicted molar refractivity (Wildman–Crippen MR) is 99.1 cm³/mol. The van der Waals surface area contributed by atoms with Gasteiger partial charge in [0.05, 0.1) is 24.9 Å². The summed E-state index contributed by atoms with van der Waals surface area (Å²) in [6.07, 6.45) is -0.218. The van der Waals surface area contributed by atoms with Gasteiger partial charge in [-0.3, -0.25) is 14.5 Å². The number of carbonyl (C=O) groups excluding carboxylic acids is 1. The van der Waals surface area contributed by atoms with Gasteiger partial charge in [0.15, 0.2) is 5.69 Å². The average Bonchev–Trinajstić information content (AvgIpc) is 3.03. The number of morpholine rings is 1. The van der Waals surface area contributed by atoms with E-state index < -0.39 is 5.97 Å². The van der Waals surface area contributed by atoms with Crippen LogP contribution in [0.4, 0.5) is 0 Å². The van der Waals surface area contributed by atoms with Crippen molar-refractivity contribution in [2.75, 3.05) is 39.8 Å². The molecule has 0 bridgehead atoms. The second kappa shape index (κ2) is 8.32. The van der Waals surface area contributed by atoms with Crippen molar-refractivity contribution in [1.29, 1.82) is 0 Å². The molecule has 1 aromatic carbocycles. The van der Waals surface area contributed by atoms with Gasteiger partial charge in [0.2, 0.25) is 0 Å². The number of para-hydroxylation sites is 1. The topological polar surface area (TPSA) is 87.9 Å². The van der Waals surface area contributed by atoms with E-state index >= 15 is 0 Å². The second-order valence-electron chi connectivity index (χ2n) is 6.75. The fraction of sp³-hybridized carbons (Fsp3) is 0.421. The molecule has 8 nitrogen and oxygen atoms in total. The Morgan fingerprint density at radius 2 is 2.07 bits per heavy atom. The number of hydrogen-bond donors (Lipinski definition) is 1. The van der Waals surface area contributed by atoms with Crippen molar-refractivity contribution in [2.24, 2.45) is 0 Å². The van der Waals surface area contributed by atoms with Gasteiger partial charge in [0, 0.05) is 25.3 Å². The Labute approximate surface area is 157 Å². The molecule has 2 aromatic rings. The van der Waals surface area contributed by atoms with Gasteiger partial charge < -0.3 is 14.7 Å². The molecule has 0 saturated carbocycles. The van der Waals surface area contributed by atoms with Crippen LogP contribution in [0.15, 0.2) is 36.4 Å². The van der Waals surface area contributed by atoms with E-state index in [2.05, 4.69) is 5.10 Å². The van der Waals surface area contributed by atoms with E-state index in [-0.39, 0.29) is 18.6 Å². The minimum atomic E-state index is -0.886. The van der Waals surface area contributed by atoms with E-state index in [9.17, 15) is 9.59 Å². The number of nitrogens with zero attached hydrogens (tertiary/aromatic N) is 4. The SMILES string of the molecule is Cc1cc(C(=O)N2CCOC(CN(C)CC(=O)O)C2)nn1-c1ccccc1. The Balaban J connectivity index is 1.68. The third kappa shape index (κ3) is 4.72. The van der Waals surface area contributed by atoms with Crippen LogP contribution in [0.3, 0.4) is 0 Å². The number of aromatic nitrogens is 2. The maximum absolute atomic E-state index is 12.9. The minimum absolute atomic E-state index is 0.0610. The lowest BCUT2D eigenvalue weighted by atomic mass is 10.2. The fourth-order valence-corrected chi connectivity index (χ4v) is 3.23. The second-order valence-corrected chi connectivity index (χ2v) is 6.75. The molecule has 1 amide bonds. The van der Waals surface area contributed by atoms with Crippen molar-refractivity contribution in [3.63, 3.8) is 0 Å². The van der Waals surface area contributed by atoms with Crippen molar-refractivity contribution in [3.8, 4) is 5.69 Å². The normalized spacial score (nSPS) is 17.3. The highest BCUT2D eigenvalue weighted by molar-refractivity contribution is 5.92. The third-order valence-electron chi connectivity index (χ3n) is 4.45. The number of likely N-dealkylation sites (N-methyl/N-ethyl adjacent to an activating group) is 1. The Morgan fingerprint density at radius 3 is 2.78 bits per heavy atom. The molecule has 1 atom stereocenters. The highest BCUT2D eigenvalue weighted by Crippen LogP contribution is 2.15. The van der Waals surface area contributed by atoms with Crippen molar-refractivity contribution in [1.82, 2.24) is 19.6 Å². The van der Waals surface area contributed by atoms with Crippen molar-refractivity contribution in [2.45, 2.75) is 13.0 Å². The maximum Gasteiger partial charge on any atom is 0.317 e. The molecular formula is C19H24N4O4. The first-order valence-electron chi connectivity index (χ1n) is 8.87. The monoisotopic (exact) mass is 372 g/mol. The molecule has 1 unspecified atom stereocenters. The smallest absolute Gasteiger partial charge is 0.317 e. The van der Waals surface area contributed by atoms with E-state index in [0.717, 1.165) is 11.4 Å². The summed E-state index contributed by atoms with van der Waals surface area (Å²) in [6, 6.07) is 11.5. The van der Waals surface area contributed by atoms with Gasteiger partial charge in [-0.25, -0.2) is 4.68 Å². The molecule has 2 heterocycles. The van der Waals surface area contributed by atoms with Gasteiger partial charge in [0.1, 0.15) is 0 Å². The largest absolute Gasteiger partial charge is 0.480 e. The zero-order valence-electron chi connectivity index (χ0n) is 15.5. The van der Waals surface area contributed by atoms with Gasteiger partial charge in [-0.1, -0.05) is 18.2 Å². The van der Waals surface area contributed by atoms with Crippen LogP contribution in [0.25, 0.3) is 5.69 Å². The van der Waals surface area contributed by atoms with Crippen molar-refractivity contribution in [3.05, 3.63) is 47.8 Å². The van der Waals surface area contributed by atoms with Gasteiger partial charge in [-0.2, -0.15) is 5.10 Å². The Kier molecular flexibility index (Phi) is 5.88. The molecule has 144 valence electrons. The standard InChI is InChI=1S/C19H24N4O4/c1-14-10-17(20-23(14)15-6-4-3-5-7-15)19(26)22-8-9-27-16(12-22)11-21(2)13-18(24)25/h3-7,10,16H,8-9,11-13H2,1-2H3,(H,24,25). The Bertz CT molecular complexity index is 805. The predicted octanol–water partition coefficient (Wildman–Crippen LogP) is 1.04. The quantitative estimate of drug-likeness (QED) is 0.815. The molecule has 27 heavy (non-hydrogen) atoms. The summed E-state index contributed by atoms with van der Waals surface area (Å²) >= 11 is 0. The number of hydrogen-bond acceptors (Lipinski definition) is 5. The minimum Gasteiger partial charge on any atom is -0.480 e. The van der Waals surface area contributed by atoms with Crippen molar-refractivity contribution < 1.29 is 19.4 Å². The lowest BCUT2D eigenvalue weighted by Crippen LogP contribution is -2.49. The number of carboxylic acids is 1. The van der Waals surface area contributed by atoms with E-state index in [4.69, 9.17) is 9.84 Å². The summed E-state index contributed by atoms with van der Waals surface area (Å²) in [7, 11) is 1.73. The molecule has 1 saturated heterocycles. The first-order chi connectivity index (χ1) is 12.9. The summed E-state index contributed by atoms with van der Waals surface area (Å²) in [6.45, 7) is 3.65. The van der Waals surface area contributed by atoms with E-state index in [1.54, 1.807) is 27.6 Å². The lowest BCUT2D eigenvalue weighted by Gasteiger charge is -2.34. The van der Waals surface area contributed by atoms with Gasteiger partial charge in [-0.15, -0.1) is 0 Å². The maximum atomic E-state index is 12.9. The zero-order valence-corrected chi connectivity index (χ0v) is 15.5. The Hall–Kier alpha value is -2.71. The van der Waals surface area contributed by atoms with E-state index in [0.29, 0.717) is 31.9 Å². The van der Waals surface area contributed by atoms with E-state index in [1.165, 1.54) is 0 Å². The highest BCUT2D eigenvalue weighted by Gasteiger charge is 2.28. The summed E-state index contributed by atoms with van der Waals surface area (Å²) in [4.78, 5) is 27.1. The number of aliphatic carboxylic acids is 1. The average molecular weight is 372 g/mol. The Morgan fingerprint density at radius 1 is 1.33 bits per heavy atom. The molecule has 8 heteroatoms. The van der Waals surface area contributed by atoms with Crippen LogP contribution in [0.5, 0.6) is 0 Å². The molecule has 3 rings (SSSR count). The van der Waals surface area contributed by atoms with Crippen LogP contribution in [-0.2, 0) is 9.53 Å². The first-order valence-corrected chi connectivity index (χ1v) is 8.87. The molecule has 1 N–H and O–H groups in total. The number of amides is 1. The fourth-order valence-electron chi connectivity index (χ4n) is 3.23. The van der Waals surface area contributed by atoms with Gasteiger partial charge >= 0.3 is 5.97 Å². The number of carbonyl (C=O) groups is 2. The molecule has 1 fully saturated rings. The highest BCUT2D eigenvalue weighted by atomic mass is 16.5. The number of aryl methyl sites for hydroxylation is 1. The summed E-state index contributed by atoms with van der Waals surface area (Å²) in [5.41, 5.74) is 2.19. The molecule has 1 aromatic heterocycles. The molecular weight excluding hydrogens is 348 g/mol. The van der Waals surface area contributed by atoms with Crippen LogP contribution in [0.2, 0.25) is 0 Å². The third-order valence-corrected chi connectivity index (χ3v) is 4.45. The molecule has 0 spiro atoms. The molecule has 0 aliphatic carbocycles. The van der Waals surface area contributed by atoms with E-state index in [1.807, 2.05) is 37.3 Å². The van der Waals surface area contributed by atoms with Gasteiger partial charge in [0.25, 0.3) is 5.91 Å². The molecule has 0 radical (unpaired) electrons. The number of rotatable bonds is 6. The van der Waals surface area contributed by atoms with Crippen LogP contribution in [0.1, 0.15) is 16.2 Å². The van der Waals surface area contributed by atoms with Crippen molar-refractivity contribution >= 4 is 11.9 Å². The van der Waals surface area contributed by atoms with Gasteiger partial charge in [-0.05, 0) is 32.2 Å². The summed E-state index contributed by atoms with van der Waals surface area (Å²) < 4.78 is 7.45. The summed E-state index contributed by atoms with van der Waals surface area (Å²) in [5.74, 6) is -1.02. The van der Waals surface area contributed by atoms with Crippen LogP contribution < -0.4 is 0 Å². The van der Waals surface area contributed by atoms with Crippen LogP contribution >= 0.6 is 0 Å². The summed E-state index contributed by atoms with van der Waals surface area (Å²) in [5, 5.41) is 13.3. The molecule has 1 aliphatic heterocycles. The first kappa shape index (κ1) is 19.1. The van der Waals surface area contributed by atoms with Crippen LogP contribution in [0, 0.1) is 6.92 Å². The zero-order chi connectivity index (χ0) is 19.4. The number of ether oxygens (including phenoxy) is 1. The van der Waals surface area contributed by atoms with Crippen LogP contribution in [-0.4, -0.2) is 82.5 Å². The number of benzene rings is 1.